The quantitative estimate of drug-likeness (QED) is 0.822. The van der Waals surface area contributed by atoms with Crippen LogP contribution >= 0.6 is 0 Å². The van der Waals surface area contributed by atoms with Crippen LogP contribution in [0.2, 0.25) is 0 Å². The first-order valence-corrected chi connectivity index (χ1v) is 8.99. The van der Waals surface area contributed by atoms with Crippen LogP contribution in [0.15, 0.2) is 35.2 Å². The lowest BCUT2D eigenvalue weighted by atomic mass is 9.97. The zero-order valence-corrected chi connectivity index (χ0v) is 14.5. The normalized spacial score (nSPS) is 15.5. The zero-order chi connectivity index (χ0) is 17.6. The van der Waals surface area contributed by atoms with Crippen LogP contribution in [-0.4, -0.2) is 14.3 Å². The third-order valence-corrected chi connectivity index (χ3v) is 5.20. The highest BCUT2D eigenvalue weighted by Gasteiger charge is 2.26. The predicted octanol–water partition coefficient (Wildman–Crippen LogP) is 2.75. The van der Waals surface area contributed by atoms with Crippen LogP contribution in [-0.2, 0) is 14.8 Å². The molecule has 0 saturated carbocycles. The molecule has 1 heterocycles. The molecular formula is C18H18N2O3S. The molecule has 3 N–H and O–H groups in total. The molecule has 2 aromatic rings. The van der Waals surface area contributed by atoms with E-state index in [0.717, 1.165) is 16.7 Å². The number of nitrogens with one attached hydrogen (secondary N) is 1. The molecule has 0 atom stereocenters. The van der Waals surface area contributed by atoms with Gasteiger partial charge in [-0.1, -0.05) is 12.1 Å². The smallest absolute Gasteiger partial charge is 0.256 e. The Bertz CT molecular complexity index is 1010. The van der Waals surface area contributed by atoms with Gasteiger partial charge in [-0.2, -0.15) is 0 Å². The molecule has 124 valence electrons. The van der Waals surface area contributed by atoms with E-state index in [4.69, 9.17) is 5.14 Å². The van der Waals surface area contributed by atoms with Crippen molar-refractivity contribution in [2.24, 2.45) is 5.14 Å². The monoisotopic (exact) mass is 342 g/mol. The third-order valence-electron chi connectivity index (χ3n) is 4.28. The van der Waals surface area contributed by atoms with Crippen molar-refractivity contribution in [2.45, 2.75) is 25.7 Å². The number of hydrogen-bond donors (Lipinski definition) is 2. The van der Waals surface area contributed by atoms with Gasteiger partial charge >= 0.3 is 0 Å². The molecule has 24 heavy (non-hydrogen) atoms. The second-order valence-corrected chi connectivity index (χ2v) is 7.62. The fourth-order valence-electron chi connectivity index (χ4n) is 2.78. The SMILES string of the molecule is Cc1cc(C)c(/C=C2\C(=O)Nc3ccc(S(N)(=O)=O)cc32)cc1C. The van der Waals surface area contributed by atoms with Crippen molar-refractivity contribution in [1.82, 2.24) is 0 Å². The van der Waals surface area contributed by atoms with E-state index in [1.807, 2.05) is 26.8 Å². The fourth-order valence-corrected chi connectivity index (χ4v) is 3.32. The number of carbonyl (C=O) groups excluding carboxylic acids is 1. The van der Waals surface area contributed by atoms with E-state index in [1.165, 1.54) is 17.7 Å². The summed E-state index contributed by atoms with van der Waals surface area (Å²) in [5.74, 6) is -0.255. The lowest BCUT2D eigenvalue weighted by molar-refractivity contribution is -0.110. The number of primary sulfonamides is 1. The summed E-state index contributed by atoms with van der Waals surface area (Å²) in [5.41, 5.74) is 5.85. The molecule has 0 unspecified atom stereocenters. The molecule has 0 spiro atoms. The second-order valence-electron chi connectivity index (χ2n) is 6.06. The van der Waals surface area contributed by atoms with E-state index < -0.39 is 10.0 Å². The Labute approximate surface area is 141 Å². The molecular weight excluding hydrogens is 324 g/mol. The van der Waals surface area contributed by atoms with Crippen molar-refractivity contribution in [2.75, 3.05) is 5.32 Å². The average Bonchev–Trinajstić information content (AvgIpc) is 2.79. The molecule has 0 bridgehead atoms. The first-order valence-electron chi connectivity index (χ1n) is 7.45. The van der Waals surface area contributed by atoms with E-state index in [2.05, 4.69) is 11.4 Å². The summed E-state index contributed by atoms with van der Waals surface area (Å²) in [5, 5.41) is 7.94. The molecule has 2 aromatic carbocycles. The minimum absolute atomic E-state index is 0.0135. The van der Waals surface area contributed by atoms with Gasteiger partial charge in [0.25, 0.3) is 5.91 Å². The van der Waals surface area contributed by atoms with Gasteiger partial charge < -0.3 is 5.32 Å². The molecule has 5 nitrogen and oxygen atoms in total. The molecule has 0 fully saturated rings. The van der Waals surface area contributed by atoms with E-state index in [1.54, 1.807) is 12.1 Å². The molecule has 1 aliphatic rings. The maximum atomic E-state index is 12.3. The molecule has 0 aliphatic carbocycles. The van der Waals surface area contributed by atoms with Crippen molar-refractivity contribution in [3.8, 4) is 0 Å². The number of fused-ring (bicyclic) bond motifs is 1. The molecule has 6 heteroatoms. The Balaban J connectivity index is 2.18. The van der Waals surface area contributed by atoms with Crippen LogP contribution in [0.5, 0.6) is 0 Å². The van der Waals surface area contributed by atoms with E-state index in [-0.39, 0.29) is 10.8 Å². The van der Waals surface area contributed by atoms with Gasteiger partial charge in [0.1, 0.15) is 0 Å². The van der Waals surface area contributed by atoms with Crippen LogP contribution in [0.3, 0.4) is 0 Å². The van der Waals surface area contributed by atoms with E-state index in [0.29, 0.717) is 16.8 Å². The highest BCUT2D eigenvalue weighted by Crippen LogP contribution is 2.35. The summed E-state index contributed by atoms with van der Waals surface area (Å²) in [7, 11) is -3.82. The number of anilines is 1. The lowest BCUT2D eigenvalue weighted by Gasteiger charge is -2.07. The number of benzene rings is 2. The van der Waals surface area contributed by atoms with E-state index in [9.17, 15) is 13.2 Å². The maximum Gasteiger partial charge on any atom is 0.256 e. The maximum absolute atomic E-state index is 12.3. The van der Waals surface area contributed by atoms with Gasteiger partial charge in [-0.25, -0.2) is 13.6 Å². The fraction of sp³-hybridized carbons (Fsp3) is 0.167. The third kappa shape index (κ3) is 2.86. The number of carbonyl (C=O) groups is 1. The van der Waals surface area contributed by atoms with Gasteiger partial charge in [-0.15, -0.1) is 0 Å². The van der Waals surface area contributed by atoms with Crippen LogP contribution < -0.4 is 10.5 Å². The van der Waals surface area contributed by atoms with Gasteiger partial charge in [0, 0.05) is 16.8 Å². The number of aryl methyl sites for hydroxylation is 3. The molecule has 0 aromatic heterocycles. The van der Waals surface area contributed by atoms with Crippen LogP contribution in [0.4, 0.5) is 5.69 Å². The largest absolute Gasteiger partial charge is 0.321 e. The highest BCUT2D eigenvalue weighted by molar-refractivity contribution is 7.89. The summed E-state index contributed by atoms with van der Waals surface area (Å²) in [4.78, 5) is 12.3. The summed E-state index contributed by atoms with van der Waals surface area (Å²) in [6.45, 7) is 6.03. The molecule has 1 aliphatic heterocycles. The molecule has 0 saturated heterocycles. The van der Waals surface area contributed by atoms with Crippen molar-refractivity contribution in [3.05, 3.63) is 58.1 Å². The Hall–Kier alpha value is -2.44. The summed E-state index contributed by atoms with van der Waals surface area (Å²) in [6.07, 6.45) is 1.79. The number of sulfonamides is 1. The van der Waals surface area contributed by atoms with Gasteiger partial charge in [0.05, 0.1) is 4.90 Å². The second kappa shape index (κ2) is 5.58. The van der Waals surface area contributed by atoms with Crippen LogP contribution in [0.1, 0.15) is 27.8 Å². The predicted molar refractivity (Wildman–Crippen MR) is 95.0 cm³/mol. The number of nitrogens with two attached hydrogens (primary N) is 1. The van der Waals surface area contributed by atoms with Crippen LogP contribution in [0, 0.1) is 20.8 Å². The Kier molecular flexibility index (Phi) is 3.81. The Morgan fingerprint density at radius 3 is 2.33 bits per heavy atom. The standard InChI is InChI=1S/C18H18N2O3S/c1-10-6-12(3)13(7-11(10)2)8-16-15-9-14(24(19,22)23)4-5-17(15)20-18(16)21/h4-9H,1-3H3,(H,20,21)(H2,19,22,23)/b16-8-. The molecule has 1 amide bonds. The number of hydrogen-bond acceptors (Lipinski definition) is 3. The topological polar surface area (TPSA) is 89.3 Å². The van der Waals surface area contributed by atoms with Crippen molar-refractivity contribution >= 4 is 33.3 Å². The summed E-state index contributed by atoms with van der Waals surface area (Å²) in [6, 6.07) is 8.47. The van der Waals surface area contributed by atoms with E-state index >= 15 is 0 Å². The minimum atomic E-state index is -3.82. The minimum Gasteiger partial charge on any atom is -0.321 e. The highest BCUT2D eigenvalue weighted by atomic mass is 32.2. The Morgan fingerprint density at radius 2 is 1.67 bits per heavy atom. The first-order chi connectivity index (χ1) is 11.2. The summed E-state index contributed by atoms with van der Waals surface area (Å²) >= 11 is 0. The molecule has 3 rings (SSSR count). The van der Waals surface area contributed by atoms with Crippen LogP contribution in [0.25, 0.3) is 11.6 Å². The Morgan fingerprint density at radius 1 is 1.00 bits per heavy atom. The average molecular weight is 342 g/mol. The summed E-state index contributed by atoms with van der Waals surface area (Å²) < 4.78 is 23.1. The van der Waals surface area contributed by atoms with Gasteiger partial charge in [0.15, 0.2) is 0 Å². The zero-order valence-electron chi connectivity index (χ0n) is 13.7. The van der Waals surface area contributed by atoms with Gasteiger partial charge in [0.2, 0.25) is 10.0 Å². The van der Waals surface area contributed by atoms with Crippen molar-refractivity contribution in [1.29, 1.82) is 0 Å². The van der Waals surface area contributed by atoms with Crippen molar-refractivity contribution in [3.63, 3.8) is 0 Å². The van der Waals surface area contributed by atoms with Gasteiger partial charge in [-0.3, -0.25) is 4.79 Å². The lowest BCUT2D eigenvalue weighted by Crippen LogP contribution is -2.12. The number of amides is 1. The molecule has 0 radical (unpaired) electrons. The first kappa shape index (κ1) is 16.4. The number of rotatable bonds is 2. The van der Waals surface area contributed by atoms with Gasteiger partial charge in [-0.05, 0) is 67.3 Å². The van der Waals surface area contributed by atoms with Crippen molar-refractivity contribution < 1.29 is 13.2 Å².